The Labute approximate surface area is 170 Å². The number of imidazole rings is 1. The van der Waals surface area contributed by atoms with Crippen LogP contribution >= 0.6 is 0 Å². The maximum atomic E-state index is 12.6. The van der Waals surface area contributed by atoms with Crippen molar-refractivity contribution in [3.8, 4) is 16.9 Å². The van der Waals surface area contributed by atoms with Gasteiger partial charge in [0.25, 0.3) is 0 Å². The smallest absolute Gasteiger partial charge is 0.246 e. The van der Waals surface area contributed by atoms with Gasteiger partial charge in [0.15, 0.2) is 0 Å². The Kier molecular flexibility index (Phi) is 6.24. The molecule has 6 heteroatoms. The minimum atomic E-state index is -0.318. The number of benzene rings is 2. The Bertz CT molecular complexity index is 1020. The Morgan fingerprint density at radius 3 is 2.59 bits per heavy atom. The number of anilines is 1. The van der Waals surface area contributed by atoms with Gasteiger partial charge < -0.3 is 4.90 Å². The molecular formula is C23H24N4O2. The zero-order chi connectivity index (χ0) is 20.8. The van der Waals surface area contributed by atoms with E-state index in [0.717, 1.165) is 22.5 Å². The van der Waals surface area contributed by atoms with Crippen molar-refractivity contribution in [3.63, 3.8) is 0 Å². The van der Waals surface area contributed by atoms with Crippen LogP contribution in [0.1, 0.15) is 12.5 Å². The Hall–Kier alpha value is -3.67. The van der Waals surface area contributed by atoms with Crippen molar-refractivity contribution in [2.75, 3.05) is 18.4 Å². The number of hydrogen-bond acceptors (Lipinski definition) is 3. The van der Waals surface area contributed by atoms with Crippen LogP contribution in [0.2, 0.25) is 0 Å². The lowest BCUT2D eigenvalue weighted by Crippen LogP contribution is -2.37. The highest BCUT2D eigenvalue weighted by molar-refractivity contribution is 5.93. The van der Waals surface area contributed by atoms with Crippen molar-refractivity contribution in [2.24, 2.45) is 0 Å². The minimum absolute atomic E-state index is 0.0668. The van der Waals surface area contributed by atoms with Crippen LogP contribution in [0.3, 0.4) is 0 Å². The monoisotopic (exact) mass is 388 g/mol. The van der Waals surface area contributed by atoms with E-state index in [2.05, 4.69) is 16.9 Å². The highest BCUT2D eigenvalue weighted by Gasteiger charge is 2.17. The third-order valence-corrected chi connectivity index (χ3v) is 4.44. The second-order valence-electron chi connectivity index (χ2n) is 6.76. The third kappa shape index (κ3) is 4.99. The topological polar surface area (TPSA) is 67.2 Å². The molecule has 29 heavy (non-hydrogen) atoms. The van der Waals surface area contributed by atoms with Gasteiger partial charge in [0, 0.05) is 30.9 Å². The predicted octanol–water partition coefficient (Wildman–Crippen LogP) is 3.82. The normalized spacial score (nSPS) is 10.4. The summed E-state index contributed by atoms with van der Waals surface area (Å²) in [7, 11) is 0. The molecule has 148 valence electrons. The van der Waals surface area contributed by atoms with Gasteiger partial charge in [-0.2, -0.15) is 0 Å². The molecule has 0 unspecified atom stereocenters. The molecule has 0 radical (unpaired) electrons. The zero-order valence-corrected chi connectivity index (χ0v) is 16.6. The number of amides is 2. The summed E-state index contributed by atoms with van der Waals surface area (Å²) in [6.07, 6.45) is 3.49. The van der Waals surface area contributed by atoms with Crippen LogP contribution in [0.25, 0.3) is 16.9 Å². The molecule has 0 aliphatic rings. The highest BCUT2D eigenvalue weighted by Crippen LogP contribution is 2.24. The largest absolute Gasteiger partial charge is 0.330 e. The number of nitrogens with one attached hydrogen (secondary N) is 1. The standard InChI is InChI=1S/C23H24N4O2/c1-4-13-26(18(3)28)16-22(29)25-23-24-21(19-10-6-5-7-11-19)15-27(23)20-12-8-9-17(2)14-20/h4-12,14-15H,1,13,16H2,2-3H3,(H,24,25,29). The molecule has 0 aliphatic carbocycles. The number of carbonyl (C=O) groups is 2. The molecular weight excluding hydrogens is 364 g/mol. The molecule has 1 aromatic heterocycles. The number of carbonyl (C=O) groups excluding carboxylic acids is 2. The maximum absolute atomic E-state index is 12.6. The first-order valence-electron chi connectivity index (χ1n) is 9.36. The number of hydrogen-bond donors (Lipinski definition) is 1. The van der Waals surface area contributed by atoms with Crippen molar-refractivity contribution >= 4 is 17.8 Å². The van der Waals surface area contributed by atoms with E-state index in [1.165, 1.54) is 11.8 Å². The average molecular weight is 388 g/mol. The zero-order valence-electron chi connectivity index (χ0n) is 16.6. The summed E-state index contributed by atoms with van der Waals surface area (Å²) in [6, 6.07) is 17.7. The van der Waals surface area contributed by atoms with Crippen LogP contribution in [0, 0.1) is 6.92 Å². The minimum Gasteiger partial charge on any atom is -0.330 e. The number of rotatable bonds is 7. The van der Waals surface area contributed by atoms with E-state index in [-0.39, 0.29) is 18.4 Å². The molecule has 1 heterocycles. The lowest BCUT2D eigenvalue weighted by Gasteiger charge is -2.18. The van der Waals surface area contributed by atoms with Gasteiger partial charge in [-0.15, -0.1) is 6.58 Å². The van der Waals surface area contributed by atoms with E-state index < -0.39 is 0 Å². The molecule has 0 fully saturated rings. The summed E-state index contributed by atoms with van der Waals surface area (Å²) in [4.78, 5) is 30.4. The summed E-state index contributed by atoms with van der Waals surface area (Å²) in [6.45, 7) is 7.31. The maximum Gasteiger partial charge on any atom is 0.246 e. The van der Waals surface area contributed by atoms with Gasteiger partial charge in [-0.3, -0.25) is 19.5 Å². The van der Waals surface area contributed by atoms with E-state index in [1.807, 2.05) is 72.3 Å². The van der Waals surface area contributed by atoms with Gasteiger partial charge in [-0.25, -0.2) is 4.98 Å². The molecule has 0 saturated heterocycles. The third-order valence-electron chi connectivity index (χ3n) is 4.44. The van der Waals surface area contributed by atoms with Crippen molar-refractivity contribution in [2.45, 2.75) is 13.8 Å². The fourth-order valence-electron chi connectivity index (χ4n) is 2.99. The van der Waals surface area contributed by atoms with Crippen LogP contribution in [-0.4, -0.2) is 39.4 Å². The van der Waals surface area contributed by atoms with Gasteiger partial charge in [0.1, 0.15) is 6.54 Å². The van der Waals surface area contributed by atoms with Crippen LogP contribution in [0.4, 0.5) is 5.95 Å². The average Bonchev–Trinajstić information content (AvgIpc) is 3.12. The van der Waals surface area contributed by atoms with E-state index in [0.29, 0.717) is 12.5 Å². The van der Waals surface area contributed by atoms with Crippen molar-refractivity contribution in [1.29, 1.82) is 0 Å². The van der Waals surface area contributed by atoms with Crippen molar-refractivity contribution in [3.05, 3.63) is 79.0 Å². The molecule has 3 rings (SSSR count). The van der Waals surface area contributed by atoms with Crippen LogP contribution in [0.5, 0.6) is 0 Å². The van der Waals surface area contributed by atoms with E-state index in [9.17, 15) is 9.59 Å². The van der Waals surface area contributed by atoms with Gasteiger partial charge in [-0.1, -0.05) is 48.5 Å². The molecule has 0 bridgehead atoms. The molecule has 0 saturated carbocycles. The molecule has 2 amide bonds. The highest BCUT2D eigenvalue weighted by atomic mass is 16.2. The summed E-state index contributed by atoms with van der Waals surface area (Å²) < 4.78 is 1.85. The van der Waals surface area contributed by atoms with Crippen LogP contribution in [-0.2, 0) is 9.59 Å². The molecule has 1 N–H and O–H groups in total. The summed E-state index contributed by atoms with van der Waals surface area (Å²) in [5.74, 6) is -0.102. The van der Waals surface area contributed by atoms with E-state index in [1.54, 1.807) is 6.08 Å². The van der Waals surface area contributed by atoms with Crippen LogP contribution < -0.4 is 5.32 Å². The molecule has 0 atom stereocenters. The van der Waals surface area contributed by atoms with E-state index >= 15 is 0 Å². The lowest BCUT2D eigenvalue weighted by atomic mass is 10.2. The van der Waals surface area contributed by atoms with E-state index in [4.69, 9.17) is 0 Å². The molecule has 3 aromatic rings. The lowest BCUT2D eigenvalue weighted by molar-refractivity contribution is -0.132. The first kappa shape index (κ1) is 20.1. The molecule has 0 aliphatic heterocycles. The predicted molar refractivity (Wildman–Crippen MR) is 115 cm³/mol. The van der Waals surface area contributed by atoms with Crippen LogP contribution in [0.15, 0.2) is 73.4 Å². The van der Waals surface area contributed by atoms with Crippen molar-refractivity contribution < 1.29 is 9.59 Å². The second-order valence-corrected chi connectivity index (χ2v) is 6.76. The number of aryl methyl sites for hydroxylation is 1. The number of nitrogens with zero attached hydrogens (tertiary/aromatic N) is 3. The fraction of sp³-hybridized carbons (Fsp3) is 0.174. The summed E-state index contributed by atoms with van der Waals surface area (Å²) >= 11 is 0. The molecule has 0 spiro atoms. The Balaban J connectivity index is 1.94. The first-order valence-corrected chi connectivity index (χ1v) is 9.36. The van der Waals surface area contributed by atoms with Gasteiger partial charge in [0.05, 0.1) is 5.69 Å². The molecule has 2 aromatic carbocycles. The van der Waals surface area contributed by atoms with Gasteiger partial charge >= 0.3 is 0 Å². The fourth-order valence-corrected chi connectivity index (χ4v) is 2.99. The summed E-state index contributed by atoms with van der Waals surface area (Å²) in [5, 5.41) is 2.85. The Morgan fingerprint density at radius 2 is 1.93 bits per heavy atom. The second kappa shape index (κ2) is 9.01. The SMILES string of the molecule is C=CCN(CC(=O)Nc1nc(-c2ccccc2)cn1-c1cccc(C)c1)C(C)=O. The summed E-state index contributed by atoms with van der Waals surface area (Å²) in [5.41, 5.74) is 3.69. The Morgan fingerprint density at radius 1 is 1.17 bits per heavy atom. The quantitative estimate of drug-likeness (QED) is 0.626. The number of aromatic nitrogens is 2. The van der Waals surface area contributed by atoms with Gasteiger partial charge in [-0.05, 0) is 24.6 Å². The molecule has 6 nitrogen and oxygen atoms in total. The van der Waals surface area contributed by atoms with Crippen molar-refractivity contribution in [1.82, 2.24) is 14.5 Å². The first-order chi connectivity index (χ1) is 14.0. The van der Waals surface area contributed by atoms with Gasteiger partial charge in [0.2, 0.25) is 17.8 Å².